The van der Waals surface area contributed by atoms with Crippen LogP contribution in [-0.4, -0.2) is 23.4 Å². The minimum absolute atomic E-state index is 0.139. The van der Waals surface area contributed by atoms with Gasteiger partial charge >= 0.3 is 0 Å². The van der Waals surface area contributed by atoms with Crippen LogP contribution in [0.25, 0.3) is 0 Å². The van der Waals surface area contributed by atoms with Gasteiger partial charge in [0.05, 0.1) is 13.2 Å². The molecule has 0 rings (SSSR count). The molecule has 244 valence electrons. The van der Waals surface area contributed by atoms with Gasteiger partial charge in [-0.3, -0.25) is 0 Å². The van der Waals surface area contributed by atoms with Crippen molar-refractivity contribution in [2.24, 2.45) is 5.41 Å². The summed E-state index contributed by atoms with van der Waals surface area (Å²) in [5, 5.41) is 20.1. The number of hydrogen-bond donors (Lipinski definition) is 2. The summed E-state index contributed by atoms with van der Waals surface area (Å²) >= 11 is 0. The number of allylic oxidation sites excluding steroid dienone is 4. The maximum Gasteiger partial charge on any atom is 0.0509 e. The second-order valence-electron chi connectivity index (χ2n) is 13.2. The quantitative estimate of drug-likeness (QED) is 0.0590. The molecule has 2 nitrogen and oxygen atoms in total. The van der Waals surface area contributed by atoms with Crippen LogP contribution in [0, 0.1) is 5.41 Å². The van der Waals surface area contributed by atoms with Crippen molar-refractivity contribution in [2.45, 2.75) is 206 Å². The van der Waals surface area contributed by atoms with E-state index in [2.05, 4.69) is 38.2 Å². The summed E-state index contributed by atoms with van der Waals surface area (Å²) in [5.41, 5.74) is -0.248. The molecule has 0 unspecified atom stereocenters. The Morgan fingerprint density at radius 1 is 0.341 bits per heavy atom. The molecule has 2 heteroatoms. The predicted octanol–water partition coefficient (Wildman–Crippen LogP) is 12.8. The summed E-state index contributed by atoms with van der Waals surface area (Å²) in [5.74, 6) is 0. The highest BCUT2D eigenvalue weighted by atomic mass is 16.3. The van der Waals surface area contributed by atoms with Crippen LogP contribution < -0.4 is 0 Å². The molecule has 0 saturated carbocycles. The molecule has 0 bridgehead atoms. The highest BCUT2D eigenvalue weighted by Gasteiger charge is 2.27. The van der Waals surface area contributed by atoms with Crippen molar-refractivity contribution in [2.75, 3.05) is 13.2 Å². The van der Waals surface area contributed by atoms with Gasteiger partial charge in [0.1, 0.15) is 0 Å². The van der Waals surface area contributed by atoms with E-state index in [0.29, 0.717) is 0 Å². The number of rotatable bonds is 34. The smallest absolute Gasteiger partial charge is 0.0509 e. The third-order valence-electron chi connectivity index (χ3n) is 9.11. The maximum absolute atomic E-state index is 10.1. The number of aliphatic hydroxyl groups excluding tert-OH is 2. The molecule has 0 saturated heterocycles. The topological polar surface area (TPSA) is 40.5 Å². The molecule has 0 aromatic heterocycles. The highest BCUT2D eigenvalue weighted by molar-refractivity contribution is 4.82. The van der Waals surface area contributed by atoms with Crippen molar-refractivity contribution in [3.63, 3.8) is 0 Å². The van der Waals surface area contributed by atoms with Crippen molar-refractivity contribution >= 4 is 0 Å². The molecule has 0 aromatic rings. The van der Waals surface area contributed by atoms with Gasteiger partial charge < -0.3 is 10.2 Å². The van der Waals surface area contributed by atoms with Crippen LogP contribution in [0.15, 0.2) is 24.3 Å². The van der Waals surface area contributed by atoms with Crippen LogP contribution in [0.4, 0.5) is 0 Å². The molecule has 0 atom stereocenters. The van der Waals surface area contributed by atoms with Gasteiger partial charge in [0, 0.05) is 5.41 Å². The molecule has 2 N–H and O–H groups in total. The van der Waals surface area contributed by atoms with Gasteiger partial charge in [-0.15, -0.1) is 0 Å². The maximum atomic E-state index is 10.1. The Bertz CT molecular complexity index is 490. The fourth-order valence-corrected chi connectivity index (χ4v) is 5.99. The van der Waals surface area contributed by atoms with E-state index in [4.69, 9.17) is 0 Å². The Labute approximate surface area is 259 Å². The van der Waals surface area contributed by atoms with Crippen LogP contribution in [0.3, 0.4) is 0 Å². The lowest BCUT2D eigenvalue weighted by Crippen LogP contribution is -2.29. The molecule has 0 spiro atoms. The molecule has 0 amide bonds. The molecule has 0 aliphatic heterocycles. The summed E-state index contributed by atoms with van der Waals surface area (Å²) in [4.78, 5) is 0. The zero-order chi connectivity index (χ0) is 30.0. The predicted molar refractivity (Wildman–Crippen MR) is 185 cm³/mol. The molecular formula is C39H76O2. The zero-order valence-electron chi connectivity index (χ0n) is 28.3. The zero-order valence-corrected chi connectivity index (χ0v) is 28.3. The Morgan fingerprint density at radius 2 is 0.585 bits per heavy atom. The minimum atomic E-state index is -0.248. The second-order valence-corrected chi connectivity index (χ2v) is 13.2. The molecule has 0 aliphatic carbocycles. The van der Waals surface area contributed by atoms with Crippen molar-refractivity contribution < 1.29 is 10.2 Å². The van der Waals surface area contributed by atoms with E-state index < -0.39 is 0 Å². The Kier molecular flexibility index (Phi) is 33.4. The van der Waals surface area contributed by atoms with Crippen molar-refractivity contribution in [3.8, 4) is 0 Å². The molecule has 0 heterocycles. The normalized spacial score (nSPS) is 12.4. The van der Waals surface area contributed by atoms with Gasteiger partial charge in [0.2, 0.25) is 0 Å². The summed E-state index contributed by atoms with van der Waals surface area (Å²) in [7, 11) is 0. The minimum Gasteiger partial charge on any atom is -0.396 e. The second kappa shape index (κ2) is 33.9. The van der Waals surface area contributed by atoms with Gasteiger partial charge in [-0.05, 0) is 64.2 Å². The van der Waals surface area contributed by atoms with E-state index in [1.54, 1.807) is 0 Å². The first-order valence-electron chi connectivity index (χ1n) is 18.8. The van der Waals surface area contributed by atoms with Crippen molar-refractivity contribution in [3.05, 3.63) is 24.3 Å². The van der Waals surface area contributed by atoms with Crippen LogP contribution in [0.1, 0.15) is 206 Å². The van der Waals surface area contributed by atoms with E-state index in [0.717, 1.165) is 25.7 Å². The van der Waals surface area contributed by atoms with Crippen molar-refractivity contribution in [1.82, 2.24) is 0 Å². The van der Waals surface area contributed by atoms with Crippen LogP contribution in [0.5, 0.6) is 0 Å². The molecule has 0 aromatic carbocycles. The van der Waals surface area contributed by atoms with E-state index in [9.17, 15) is 10.2 Å². The molecular weight excluding hydrogens is 500 g/mol. The van der Waals surface area contributed by atoms with Gasteiger partial charge in [0.15, 0.2) is 0 Å². The summed E-state index contributed by atoms with van der Waals surface area (Å²) < 4.78 is 0. The van der Waals surface area contributed by atoms with Crippen LogP contribution >= 0.6 is 0 Å². The number of unbranched alkanes of at least 4 members (excludes halogenated alkanes) is 24. The summed E-state index contributed by atoms with van der Waals surface area (Å²) in [6.07, 6.45) is 48.5. The third-order valence-corrected chi connectivity index (χ3v) is 9.11. The van der Waals surface area contributed by atoms with E-state index in [-0.39, 0.29) is 18.6 Å². The first-order chi connectivity index (χ1) is 20.2. The standard InChI is InChI=1S/C39H76O2/c1-3-5-7-9-11-13-15-17-19-21-23-25-27-29-31-33-35-39(37-40,38-41)36-34-32-30-28-26-24-22-20-18-16-14-12-10-8-6-4-2/h17-20,40-41H,3-16,21-38H2,1-2H3/b19-17-,20-18-. The van der Waals surface area contributed by atoms with E-state index in [1.165, 1.54) is 167 Å². The fourth-order valence-electron chi connectivity index (χ4n) is 5.99. The SMILES string of the molecule is CCCCCCCC/C=C\CCCCCCCCC(CO)(CO)CCCCCCCC/C=C\CCCCCCCC. The van der Waals surface area contributed by atoms with Gasteiger partial charge in [-0.1, -0.05) is 167 Å². The van der Waals surface area contributed by atoms with E-state index in [1.807, 2.05) is 0 Å². The fraction of sp³-hybridized carbons (Fsp3) is 0.897. The monoisotopic (exact) mass is 577 g/mol. The Morgan fingerprint density at radius 3 is 0.854 bits per heavy atom. The Balaban J connectivity index is 3.60. The average Bonchev–Trinajstić information content (AvgIpc) is 2.99. The lowest BCUT2D eigenvalue weighted by molar-refractivity contribution is 0.0353. The number of aliphatic hydroxyl groups is 2. The largest absolute Gasteiger partial charge is 0.396 e. The lowest BCUT2D eigenvalue weighted by Gasteiger charge is -2.30. The van der Waals surface area contributed by atoms with Gasteiger partial charge in [-0.25, -0.2) is 0 Å². The first-order valence-corrected chi connectivity index (χ1v) is 18.8. The number of hydrogen-bond acceptors (Lipinski definition) is 2. The van der Waals surface area contributed by atoms with Gasteiger partial charge in [-0.2, -0.15) is 0 Å². The van der Waals surface area contributed by atoms with Crippen LogP contribution in [0.2, 0.25) is 0 Å². The first kappa shape index (κ1) is 40.4. The van der Waals surface area contributed by atoms with Gasteiger partial charge in [0.25, 0.3) is 0 Å². The molecule has 0 aliphatic rings. The lowest BCUT2D eigenvalue weighted by atomic mass is 9.79. The van der Waals surface area contributed by atoms with E-state index >= 15 is 0 Å². The molecule has 41 heavy (non-hydrogen) atoms. The summed E-state index contributed by atoms with van der Waals surface area (Å²) in [6, 6.07) is 0. The van der Waals surface area contributed by atoms with Crippen LogP contribution in [-0.2, 0) is 0 Å². The summed E-state index contributed by atoms with van der Waals surface area (Å²) in [6.45, 7) is 4.84. The highest BCUT2D eigenvalue weighted by Crippen LogP contribution is 2.31. The molecule has 0 radical (unpaired) electrons. The average molecular weight is 577 g/mol. The third kappa shape index (κ3) is 29.3. The van der Waals surface area contributed by atoms with Crippen molar-refractivity contribution in [1.29, 1.82) is 0 Å². The molecule has 0 fully saturated rings. The Hall–Kier alpha value is -0.600.